The van der Waals surface area contributed by atoms with E-state index in [0.29, 0.717) is 28.3 Å². The number of anilines is 1. The molecule has 0 saturated heterocycles. The lowest BCUT2D eigenvalue weighted by molar-refractivity contribution is -0.143. The Labute approximate surface area is 252 Å². The molecule has 0 spiro atoms. The standard InChI is InChI=1S/C33H24F6N2O4/c34-32(35,36)24-10-9-22(28(15-24)33(37,38)39)17-41-18-23(14-30(42)40-25-8-4-7-21(13-25)31(43)44)27-16-26(11-12-29(27)41)45-19-20-5-2-1-3-6-20/h1-13,15-16,18H,14,17,19H2,(H,40,42)(H,43,44). The number of nitrogens with one attached hydrogen (secondary N) is 1. The maximum atomic E-state index is 13.9. The van der Waals surface area contributed by atoms with Gasteiger partial charge in [-0.2, -0.15) is 26.3 Å². The summed E-state index contributed by atoms with van der Waals surface area (Å²) >= 11 is 0. The Morgan fingerprint density at radius 3 is 2.24 bits per heavy atom. The van der Waals surface area contributed by atoms with Gasteiger partial charge >= 0.3 is 18.3 Å². The summed E-state index contributed by atoms with van der Waals surface area (Å²) in [5, 5.41) is 12.3. The number of aromatic carboxylic acids is 1. The van der Waals surface area contributed by atoms with Crippen molar-refractivity contribution in [1.82, 2.24) is 4.57 Å². The highest BCUT2D eigenvalue weighted by atomic mass is 19.4. The molecule has 1 aromatic heterocycles. The van der Waals surface area contributed by atoms with Gasteiger partial charge in [-0.1, -0.05) is 42.5 Å². The minimum Gasteiger partial charge on any atom is -0.489 e. The second-order valence-electron chi connectivity index (χ2n) is 10.2. The molecule has 0 saturated carbocycles. The van der Waals surface area contributed by atoms with Gasteiger partial charge in [0.2, 0.25) is 5.91 Å². The van der Waals surface area contributed by atoms with Gasteiger partial charge in [0.05, 0.1) is 23.1 Å². The Hall–Kier alpha value is -5.26. The fourth-order valence-electron chi connectivity index (χ4n) is 4.90. The molecule has 0 unspecified atom stereocenters. The zero-order chi connectivity index (χ0) is 32.4. The molecule has 6 nitrogen and oxygen atoms in total. The molecule has 45 heavy (non-hydrogen) atoms. The van der Waals surface area contributed by atoms with Crippen molar-refractivity contribution in [3.8, 4) is 5.75 Å². The summed E-state index contributed by atoms with van der Waals surface area (Å²) in [6.45, 7) is -0.209. The van der Waals surface area contributed by atoms with Gasteiger partial charge in [-0.3, -0.25) is 4.79 Å². The van der Waals surface area contributed by atoms with Crippen LogP contribution < -0.4 is 10.1 Å². The van der Waals surface area contributed by atoms with Crippen LogP contribution >= 0.6 is 0 Å². The maximum Gasteiger partial charge on any atom is 0.416 e. The van der Waals surface area contributed by atoms with Gasteiger partial charge in [0, 0.05) is 29.3 Å². The highest BCUT2D eigenvalue weighted by molar-refractivity contribution is 5.97. The molecule has 232 valence electrons. The van der Waals surface area contributed by atoms with Gasteiger partial charge in [0.25, 0.3) is 0 Å². The zero-order valence-electron chi connectivity index (χ0n) is 23.2. The molecule has 0 radical (unpaired) electrons. The first-order chi connectivity index (χ1) is 21.3. The van der Waals surface area contributed by atoms with E-state index >= 15 is 0 Å². The summed E-state index contributed by atoms with van der Waals surface area (Å²) in [5.41, 5.74) is -1.32. The van der Waals surface area contributed by atoms with Crippen molar-refractivity contribution in [2.45, 2.75) is 31.9 Å². The molecule has 0 aliphatic heterocycles. The van der Waals surface area contributed by atoms with E-state index in [1.165, 1.54) is 35.0 Å². The number of carboxylic acid groups (broad SMARTS) is 1. The smallest absolute Gasteiger partial charge is 0.416 e. The van der Waals surface area contributed by atoms with Crippen molar-refractivity contribution in [2.75, 3.05) is 5.32 Å². The van der Waals surface area contributed by atoms with Crippen LogP contribution in [0, 0.1) is 0 Å². The SMILES string of the molecule is O=C(Cc1cn(Cc2ccc(C(F)(F)F)cc2C(F)(F)F)c2ccc(OCc3ccccc3)cc12)Nc1cccc(C(=O)O)c1. The zero-order valence-corrected chi connectivity index (χ0v) is 23.2. The van der Waals surface area contributed by atoms with Gasteiger partial charge in [-0.05, 0) is 65.2 Å². The quantitative estimate of drug-likeness (QED) is 0.162. The van der Waals surface area contributed by atoms with Crippen LogP contribution in [0.3, 0.4) is 0 Å². The lowest BCUT2D eigenvalue weighted by Gasteiger charge is -2.17. The number of carbonyl (C=O) groups excluding carboxylic acids is 1. The van der Waals surface area contributed by atoms with Crippen molar-refractivity contribution in [3.05, 3.63) is 131 Å². The number of fused-ring (bicyclic) bond motifs is 1. The number of amides is 1. The summed E-state index contributed by atoms with van der Waals surface area (Å²) in [5.74, 6) is -1.29. The van der Waals surface area contributed by atoms with Crippen molar-refractivity contribution in [2.24, 2.45) is 0 Å². The molecule has 0 aliphatic rings. The van der Waals surface area contributed by atoms with E-state index in [4.69, 9.17) is 4.74 Å². The number of carbonyl (C=O) groups is 2. The lowest BCUT2D eigenvalue weighted by atomic mass is 10.0. The van der Waals surface area contributed by atoms with Crippen LogP contribution in [0.1, 0.15) is 38.2 Å². The third-order valence-electron chi connectivity index (χ3n) is 7.01. The van der Waals surface area contributed by atoms with Crippen molar-refractivity contribution < 1.29 is 45.8 Å². The molecular formula is C33H24F6N2O4. The Morgan fingerprint density at radius 2 is 1.56 bits per heavy atom. The van der Waals surface area contributed by atoms with Crippen LogP contribution in [0.15, 0.2) is 97.2 Å². The number of nitrogens with zero attached hydrogens (tertiary/aromatic N) is 1. The van der Waals surface area contributed by atoms with Crippen LogP contribution in [0.25, 0.3) is 10.9 Å². The number of aromatic nitrogens is 1. The van der Waals surface area contributed by atoms with E-state index in [2.05, 4.69) is 5.32 Å². The number of hydrogen-bond acceptors (Lipinski definition) is 3. The fourth-order valence-corrected chi connectivity index (χ4v) is 4.90. The molecule has 12 heteroatoms. The lowest BCUT2D eigenvalue weighted by Crippen LogP contribution is -2.15. The molecule has 1 amide bonds. The third kappa shape index (κ3) is 7.46. The second kappa shape index (κ2) is 12.4. The Morgan fingerprint density at radius 1 is 0.800 bits per heavy atom. The van der Waals surface area contributed by atoms with Crippen molar-refractivity contribution >= 4 is 28.5 Å². The molecule has 0 bridgehead atoms. The van der Waals surface area contributed by atoms with Gasteiger partial charge < -0.3 is 19.7 Å². The summed E-state index contributed by atoms with van der Waals surface area (Å²) in [7, 11) is 0. The summed E-state index contributed by atoms with van der Waals surface area (Å²) in [6.07, 6.45) is -8.79. The van der Waals surface area contributed by atoms with E-state index in [-0.39, 0.29) is 30.3 Å². The number of ether oxygens (including phenoxy) is 1. The predicted octanol–water partition coefficient (Wildman–Crippen LogP) is 8.19. The minimum atomic E-state index is -5.05. The number of hydrogen-bond donors (Lipinski definition) is 2. The fraction of sp³-hybridized carbons (Fsp3) is 0.152. The predicted molar refractivity (Wildman–Crippen MR) is 154 cm³/mol. The highest BCUT2D eigenvalue weighted by Crippen LogP contribution is 2.38. The average Bonchev–Trinajstić information content (AvgIpc) is 3.31. The van der Waals surface area contributed by atoms with E-state index < -0.39 is 47.5 Å². The Bertz CT molecular complexity index is 1860. The highest BCUT2D eigenvalue weighted by Gasteiger charge is 2.38. The molecular weight excluding hydrogens is 602 g/mol. The first-order valence-corrected chi connectivity index (χ1v) is 13.5. The first-order valence-electron chi connectivity index (χ1n) is 13.5. The van der Waals surface area contributed by atoms with E-state index in [9.17, 15) is 41.0 Å². The number of benzene rings is 4. The summed E-state index contributed by atoms with van der Waals surface area (Å²) in [6, 6.07) is 21.2. The molecule has 5 rings (SSSR count). The molecule has 2 N–H and O–H groups in total. The molecule has 0 atom stereocenters. The molecule has 0 fully saturated rings. The van der Waals surface area contributed by atoms with Crippen molar-refractivity contribution in [3.63, 3.8) is 0 Å². The van der Waals surface area contributed by atoms with Gasteiger partial charge in [-0.15, -0.1) is 0 Å². The van der Waals surface area contributed by atoms with E-state index in [1.807, 2.05) is 30.3 Å². The molecule has 0 aliphatic carbocycles. The van der Waals surface area contributed by atoms with Crippen LogP contribution in [0.5, 0.6) is 5.75 Å². The summed E-state index contributed by atoms with van der Waals surface area (Å²) < 4.78 is 88.7. The van der Waals surface area contributed by atoms with Crippen LogP contribution in [0.2, 0.25) is 0 Å². The second-order valence-corrected chi connectivity index (χ2v) is 10.2. The molecule has 5 aromatic rings. The first kappa shape index (κ1) is 31.2. The normalized spacial score (nSPS) is 11.9. The van der Waals surface area contributed by atoms with Crippen molar-refractivity contribution in [1.29, 1.82) is 0 Å². The topological polar surface area (TPSA) is 80.6 Å². The maximum absolute atomic E-state index is 13.9. The Balaban J connectivity index is 1.50. The van der Waals surface area contributed by atoms with Crippen LogP contribution in [0.4, 0.5) is 32.0 Å². The summed E-state index contributed by atoms with van der Waals surface area (Å²) in [4.78, 5) is 24.3. The van der Waals surface area contributed by atoms with Crippen LogP contribution in [-0.2, 0) is 36.7 Å². The third-order valence-corrected chi connectivity index (χ3v) is 7.01. The molecule has 1 heterocycles. The Kier molecular flexibility index (Phi) is 8.58. The van der Waals surface area contributed by atoms with E-state index in [1.54, 1.807) is 18.2 Å². The largest absolute Gasteiger partial charge is 0.489 e. The number of alkyl halides is 6. The number of rotatable bonds is 9. The van der Waals surface area contributed by atoms with Crippen LogP contribution in [-0.4, -0.2) is 21.6 Å². The monoisotopic (exact) mass is 626 g/mol. The van der Waals surface area contributed by atoms with Gasteiger partial charge in [0.1, 0.15) is 12.4 Å². The molecule has 4 aromatic carbocycles. The van der Waals surface area contributed by atoms with Gasteiger partial charge in [0.15, 0.2) is 0 Å². The average molecular weight is 627 g/mol. The van der Waals surface area contributed by atoms with Gasteiger partial charge in [-0.25, -0.2) is 4.79 Å². The number of halogens is 6. The number of carboxylic acids is 1. The minimum absolute atomic E-state index is 0.0402. The van der Waals surface area contributed by atoms with E-state index in [0.717, 1.165) is 11.6 Å².